The molecule has 164 valence electrons. The van der Waals surface area contributed by atoms with Gasteiger partial charge in [-0.15, -0.1) is 0 Å². The third-order valence-electron chi connectivity index (χ3n) is 8.68. The van der Waals surface area contributed by atoms with Gasteiger partial charge in [0, 0.05) is 11.5 Å². The second kappa shape index (κ2) is 7.39. The minimum Gasteiger partial charge on any atom is -0.493 e. The van der Waals surface area contributed by atoms with E-state index < -0.39 is 0 Å². The molecule has 0 spiro atoms. The maximum atomic E-state index is 13.7. The van der Waals surface area contributed by atoms with Gasteiger partial charge in [0.15, 0.2) is 11.5 Å². The van der Waals surface area contributed by atoms with Crippen molar-refractivity contribution in [1.29, 1.82) is 0 Å². The van der Waals surface area contributed by atoms with Crippen LogP contribution < -0.4 is 9.47 Å². The maximum absolute atomic E-state index is 13.7. The number of benzene rings is 1. The first-order chi connectivity index (χ1) is 15.2. The van der Waals surface area contributed by atoms with Gasteiger partial charge >= 0.3 is 0 Å². The Morgan fingerprint density at radius 3 is 2.16 bits per heavy atom. The minimum absolute atomic E-state index is 0.00258. The number of methoxy groups -OCH3 is 2. The lowest BCUT2D eigenvalue weighted by molar-refractivity contribution is -0.150. The van der Waals surface area contributed by atoms with E-state index in [1.807, 2.05) is 17.1 Å². The number of allylic oxidation sites excluding steroid dienone is 2. The molecule has 1 heterocycles. The Balaban J connectivity index is 1.42. The normalized spacial score (nSPS) is 38.1. The quantitative estimate of drug-likeness (QED) is 0.666. The van der Waals surface area contributed by atoms with Gasteiger partial charge in [-0.3, -0.25) is 4.79 Å². The molecule has 6 aliphatic rings. The minimum atomic E-state index is 0.00258. The zero-order chi connectivity index (χ0) is 21.1. The van der Waals surface area contributed by atoms with Crippen molar-refractivity contribution in [2.24, 2.45) is 40.6 Å². The standard InChI is InChI=1S/C26H32N2O3/c1-30-22-8-7-17(14-23(22)31-2)24-20-5-3-4-6-21(20)26(29)28(27-24)25-18-10-15-9-16(12-18)13-19(25)11-15/h3-4,7-8,14-16,18-21,25H,5-6,9-13H2,1-2H3/t15?,16?,18?,19?,20-,21+,25?/m0/s1. The Morgan fingerprint density at radius 1 is 0.871 bits per heavy atom. The summed E-state index contributed by atoms with van der Waals surface area (Å²) in [6.45, 7) is 0. The molecule has 0 N–H and O–H groups in total. The molecule has 0 unspecified atom stereocenters. The second-order valence-electron chi connectivity index (χ2n) is 10.3. The van der Waals surface area contributed by atoms with E-state index in [0.29, 0.717) is 23.6 Å². The van der Waals surface area contributed by atoms with Gasteiger partial charge in [0.1, 0.15) is 0 Å². The van der Waals surface area contributed by atoms with E-state index in [0.717, 1.165) is 41.7 Å². The summed E-state index contributed by atoms with van der Waals surface area (Å²) in [6.07, 6.45) is 12.7. The van der Waals surface area contributed by atoms with Gasteiger partial charge in [-0.05, 0) is 86.8 Å². The molecule has 2 atom stereocenters. The number of fused-ring (bicyclic) bond motifs is 1. The number of rotatable bonds is 4. The molecular formula is C26H32N2O3. The molecule has 5 aliphatic carbocycles. The molecule has 4 saturated carbocycles. The van der Waals surface area contributed by atoms with Crippen LogP contribution in [-0.4, -0.2) is 36.9 Å². The fraction of sp³-hybridized carbons (Fsp3) is 0.615. The van der Waals surface area contributed by atoms with E-state index in [2.05, 4.69) is 18.2 Å². The molecule has 5 heteroatoms. The lowest BCUT2D eigenvalue weighted by atomic mass is 9.54. The van der Waals surface area contributed by atoms with E-state index in [9.17, 15) is 4.79 Å². The molecule has 1 amide bonds. The van der Waals surface area contributed by atoms with E-state index >= 15 is 0 Å². The maximum Gasteiger partial charge on any atom is 0.247 e. The summed E-state index contributed by atoms with van der Waals surface area (Å²) in [5, 5.41) is 7.14. The number of amides is 1. The highest BCUT2D eigenvalue weighted by Crippen LogP contribution is 2.56. The van der Waals surface area contributed by atoms with Crippen molar-refractivity contribution < 1.29 is 14.3 Å². The predicted molar refractivity (Wildman–Crippen MR) is 119 cm³/mol. The van der Waals surface area contributed by atoms with E-state index in [-0.39, 0.29) is 17.7 Å². The zero-order valence-electron chi connectivity index (χ0n) is 18.5. The SMILES string of the molecule is COc1ccc(C2=NN(C3C4CC5CC(C4)CC3C5)C(=O)[C@@H]3CC=CC[C@H]23)cc1OC. The number of ether oxygens (including phenoxy) is 2. The van der Waals surface area contributed by atoms with Crippen LogP contribution in [0.15, 0.2) is 35.5 Å². The fourth-order valence-corrected chi connectivity index (χ4v) is 7.58. The Morgan fingerprint density at radius 2 is 1.52 bits per heavy atom. The lowest BCUT2D eigenvalue weighted by Crippen LogP contribution is -2.59. The van der Waals surface area contributed by atoms with Gasteiger partial charge in [-0.2, -0.15) is 5.10 Å². The summed E-state index contributed by atoms with van der Waals surface area (Å²) >= 11 is 0. The number of hydrazone groups is 1. The van der Waals surface area contributed by atoms with Gasteiger partial charge in [0.05, 0.1) is 31.9 Å². The second-order valence-corrected chi connectivity index (χ2v) is 10.3. The average Bonchev–Trinajstić information content (AvgIpc) is 2.79. The van der Waals surface area contributed by atoms with Crippen LogP contribution >= 0.6 is 0 Å². The van der Waals surface area contributed by atoms with Crippen molar-refractivity contribution in [1.82, 2.24) is 5.01 Å². The summed E-state index contributed by atoms with van der Waals surface area (Å²) in [6, 6.07) is 6.34. The third kappa shape index (κ3) is 3.03. The van der Waals surface area contributed by atoms with Crippen LogP contribution in [0.4, 0.5) is 0 Å². The van der Waals surface area contributed by atoms with Crippen LogP contribution in [0.2, 0.25) is 0 Å². The largest absolute Gasteiger partial charge is 0.493 e. The zero-order valence-corrected chi connectivity index (χ0v) is 18.5. The van der Waals surface area contributed by atoms with Crippen LogP contribution in [0.25, 0.3) is 0 Å². The summed E-state index contributed by atoms with van der Waals surface area (Å²) in [5.74, 6) is 4.87. The van der Waals surface area contributed by atoms with Crippen molar-refractivity contribution in [3.05, 3.63) is 35.9 Å². The number of nitrogens with zero attached hydrogens (tertiary/aromatic N) is 2. The summed E-state index contributed by atoms with van der Waals surface area (Å²) in [5.41, 5.74) is 2.09. The smallest absolute Gasteiger partial charge is 0.247 e. The Hall–Kier alpha value is -2.30. The molecular weight excluding hydrogens is 388 g/mol. The van der Waals surface area contributed by atoms with Crippen molar-refractivity contribution in [3.63, 3.8) is 0 Å². The molecule has 5 nitrogen and oxygen atoms in total. The van der Waals surface area contributed by atoms with Crippen molar-refractivity contribution in [2.45, 2.75) is 51.0 Å². The van der Waals surface area contributed by atoms with Crippen molar-refractivity contribution >= 4 is 11.6 Å². The molecule has 4 bridgehead atoms. The van der Waals surface area contributed by atoms with Crippen LogP contribution in [0, 0.1) is 35.5 Å². The van der Waals surface area contributed by atoms with Gasteiger partial charge < -0.3 is 9.47 Å². The molecule has 0 radical (unpaired) electrons. The van der Waals surface area contributed by atoms with Gasteiger partial charge in [-0.25, -0.2) is 5.01 Å². The molecule has 7 rings (SSSR count). The van der Waals surface area contributed by atoms with Gasteiger partial charge in [-0.1, -0.05) is 12.2 Å². The molecule has 4 fully saturated rings. The van der Waals surface area contributed by atoms with E-state index in [4.69, 9.17) is 14.6 Å². The molecule has 1 aromatic rings. The van der Waals surface area contributed by atoms with Crippen LogP contribution in [0.3, 0.4) is 0 Å². The summed E-state index contributed by atoms with van der Waals surface area (Å²) in [4.78, 5) is 13.7. The van der Waals surface area contributed by atoms with Crippen LogP contribution in [0.1, 0.15) is 50.5 Å². The first kappa shape index (κ1) is 19.4. The first-order valence-electron chi connectivity index (χ1n) is 11.9. The molecule has 0 saturated heterocycles. The van der Waals surface area contributed by atoms with Crippen LogP contribution in [0.5, 0.6) is 11.5 Å². The first-order valence-corrected chi connectivity index (χ1v) is 11.9. The highest BCUT2D eigenvalue weighted by atomic mass is 16.5. The van der Waals surface area contributed by atoms with Crippen molar-refractivity contribution in [3.8, 4) is 11.5 Å². The van der Waals surface area contributed by atoms with Gasteiger partial charge in [0.2, 0.25) is 5.91 Å². The summed E-state index contributed by atoms with van der Waals surface area (Å²) < 4.78 is 11.0. The Labute approximate surface area is 184 Å². The van der Waals surface area contributed by atoms with E-state index in [1.165, 1.54) is 32.1 Å². The molecule has 31 heavy (non-hydrogen) atoms. The van der Waals surface area contributed by atoms with Gasteiger partial charge in [0.25, 0.3) is 0 Å². The van der Waals surface area contributed by atoms with E-state index in [1.54, 1.807) is 14.2 Å². The monoisotopic (exact) mass is 420 g/mol. The average molecular weight is 421 g/mol. The Bertz CT molecular complexity index is 924. The Kier molecular flexibility index (Phi) is 4.62. The number of hydrogen-bond acceptors (Lipinski definition) is 4. The molecule has 1 aromatic carbocycles. The highest BCUT2D eigenvalue weighted by Gasteiger charge is 2.53. The van der Waals surface area contributed by atoms with Crippen molar-refractivity contribution in [2.75, 3.05) is 14.2 Å². The fourth-order valence-electron chi connectivity index (χ4n) is 7.58. The molecule has 1 aliphatic heterocycles. The summed E-state index contributed by atoms with van der Waals surface area (Å²) in [7, 11) is 3.32. The highest BCUT2D eigenvalue weighted by molar-refractivity contribution is 6.07. The number of carbonyl (C=O) groups is 1. The predicted octanol–water partition coefficient (Wildman–Crippen LogP) is 4.66. The molecule has 0 aromatic heterocycles. The topological polar surface area (TPSA) is 51.1 Å². The number of carbonyl (C=O) groups excluding carboxylic acids is 1. The van der Waals surface area contributed by atoms with Crippen LogP contribution in [-0.2, 0) is 4.79 Å². The lowest BCUT2D eigenvalue weighted by Gasteiger charge is -2.57. The third-order valence-corrected chi connectivity index (χ3v) is 8.68. The number of hydrogen-bond donors (Lipinski definition) is 0.